The molecule has 0 radical (unpaired) electrons. The van der Waals surface area contributed by atoms with E-state index in [2.05, 4.69) is 23.4 Å². The Labute approximate surface area is 44.0 Å². The van der Waals surface area contributed by atoms with Crippen molar-refractivity contribution in [2.24, 2.45) is 9.98 Å². The van der Waals surface area contributed by atoms with Crippen LogP contribution in [0.3, 0.4) is 0 Å². The van der Waals surface area contributed by atoms with Gasteiger partial charge in [0, 0.05) is 13.1 Å². The van der Waals surface area contributed by atoms with E-state index in [1.54, 1.807) is 0 Å². The van der Waals surface area contributed by atoms with Gasteiger partial charge in [-0.1, -0.05) is 0 Å². The Balaban J connectivity index is 2.68. The Morgan fingerprint density at radius 1 is 1.00 bits per heavy atom. The van der Waals surface area contributed by atoms with Crippen molar-refractivity contribution in [3.05, 3.63) is 0 Å². The van der Waals surface area contributed by atoms with Crippen LogP contribution < -0.4 is 0 Å². The van der Waals surface area contributed by atoms with Crippen LogP contribution in [0.15, 0.2) is 9.98 Å². The highest BCUT2D eigenvalue weighted by atomic mass is 14.7. The molecule has 0 bridgehead atoms. The van der Waals surface area contributed by atoms with Crippen LogP contribution in [0, 0.1) is 0 Å². The fourth-order valence-electron chi connectivity index (χ4n) is 0.294. The Morgan fingerprint density at radius 3 is 1.71 bits per heavy atom. The first-order chi connectivity index (χ1) is 3.41. The highest BCUT2D eigenvalue weighted by molar-refractivity contribution is 5.23. The summed E-state index contributed by atoms with van der Waals surface area (Å²) in [5, 5.41) is 0. The van der Waals surface area contributed by atoms with Crippen molar-refractivity contribution in [1.82, 2.24) is 0 Å². The monoisotopic (exact) mass is 98.1 g/mol. The van der Waals surface area contributed by atoms with E-state index in [-0.39, 0.29) is 0 Å². The third kappa shape index (κ3) is 5.34. The summed E-state index contributed by atoms with van der Waals surface area (Å²) in [5.41, 5.74) is 0. The van der Waals surface area contributed by atoms with Crippen molar-refractivity contribution >= 4 is 13.4 Å². The third-order valence-electron chi connectivity index (χ3n) is 0.632. The van der Waals surface area contributed by atoms with Gasteiger partial charge in [0.2, 0.25) is 0 Å². The molecule has 0 saturated heterocycles. The summed E-state index contributed by atoms with van der Waals surface area (Å²) in [6.07, 6.45) is 0.979. The zero-order chi connectivity index (χ0) is 5.54. The van der Waals surface area contributed by atoms with E-state index in [1.807, 2.05) is 0 Å². The van der Waals surface area contributed by atoms with Gasteiger partial charge in [-0.25, -0.2) is 0 Å². The minimum atomic E-state index is 0.805. The fourth-order valence-corrected chi connectivity index (χ4v) is 0.294. The summed E-state index contributed by atoms with van der Waals surface area (Å²) >= 11 is 0. The molecule has 2 nitrogen and oxygen atoms in total. The first-order valence-corrected chi connectivity index (χ1v) is 2.26. The normalized spacial score (nSPS) is 8.00. The maximum atomic E-state index is 3.64. The molecule has 7 heavy (non-hydrogen) atoms. The number of aliphatic imine (C=N–C) groups is 2. The molecule has 0 aromatic carbocycles. The second kappa shape index (κ2) is 5.34. The molecule has 0 amide bonds. The molecule has 0 fully saturated rings. The quantitative estimate of drug-likeness (QED) is 0.366. The summed E-state index contributed by atoms with van der Waals surface area (Å²) in [7, 11) is 0. The summed E-state index contributed by atoms with van der Waals surface area (Å²) < 4.78 is 0. The van der Waals surface area contributed by atoms with Crippen molar-refractivity contribution in [3.8, 4) is 0 Å². The molecule has 0 rings (SSSR count). The lowest BCUT2D eigenvalue weighted by Gasteiger charge is -1.84. The number of hydrogen-bond acceptors (Lipinski definition) is 2. The number of nitrogens with zero attached hydrogens (tertiary/aromatic N) is 2. The van der Waals surface area contributed by atoms with Crippen LogP contribution in [0.25, 0.3) is 0 Å². The lowest BCUT2D eigenvalue weighted by atomic mass is 10.4. The van der Waals surface area contributed by atoms with Crippen LogP contribution in [0.2, 0.25) is 0 Å². The molecule has 40 valence electrons. The van der Waals surface area contributed by atoms with Crippen molar-refractivity contribution in [2.45, 2.75) is 6.42 Å². The van der Waals surface area contributed by atoms with E-state index < -0.39 is 0 Å². The number of hydrogen-bond donors (Lipinski definition) is 0. The highest BCUT2D eigenvalue weighted by Crippen LogP contribution is 1.77. The molecule has 0 aromatic heterocycles. The average molecular weight is 98.1 g/mol. The molecule has 0 saturated carbocycles. The third-order valence-corrected chi connectivity index (χ3v) is 0.632. The van der Waals surface area contributed by atoms with Gasteiger partial charge in [0.25, 0.3) is 0 Å². The lowest BCUT2D eigenvalue weighted by molar-refractivity contribution is 0.854. The SMILES string of the molecule is C=NCCCN=C. The van der Waals surface area contributed by atoms with Gasteiger partial charge < -0.3 is 9.98 Å². The molecule has 0 heterocycles. The van der Waals surface area contributed by atoms with Crippen LogP contribution in [0.5, 0.6) is 0 Å². The molecule has 0 aliphatic carbocycles. The zero-order valence-corrected chi connectivity index (χ0v) is 4.43. The van der Waals surface area contributed by atoms with E-state index in [0.29, 0.717) is 0 Å². The first kappa shape index (κ1) is 6.34. The van der Waals surface area contributed by atoms with Crippen LogP contribution in [0.4, 0.5) is 0 Å². The molecular formula is C5H10N2. The van der Waals surface area contributed by atoms with Gasteiger partial charge in [-0.15, -0.1) is 0 Å². The predicted molar refractivity (Wildman–Crippen MR) is 33.4 cm³/mol. The average Bonchev–Trinajstić information content (AvgIpc) is 1.69. The van der Waals surface area contributed by atoms with Gasteiger partial charge in [0.15, 0.2) is 0 Å². The molecule has 0 atom stereocenters. The van der Waals surface area contributed by atoms with Gasteiger partial charge in [0.1, 0.15) is 0 Å². The Kier molecular flexibility index (Phi) is 4.84. The molecule has 0 aliphatic heterocycles. The van der Waals surface area contributed by atoms with Crippen molar-refractivity contribution in [2.75, 3.05) is 13.1 Å². The molecule has 0 unspecified atom stereocenters. The van der Waals surface area contributed by atoms with E-state index in [0.717, 1.165) is 19.5 Å². The molecule has 0 aromatic rings. The highest BCUT2D eigenvalue weighted by Gasteiger charge is 1.75. The molecule has 0 aliphatic rings. The second-order valence-corrected chi connectivity index (χ2v) is 1.25. The maximum Gasteiger partial charge on any atom is 0.0399 e. The molecule has 0 spiro atoms. The van der Waals surface area contributed by atoms with Crippen LogP contribution in [-0.4, -0.2) is 26.5 Å². The lowest BCUT2D eigenvalue weighted by Crippen LogP contribution is -1.82. The van der Waals surface area contributed by atoms with Gasteiger partial charge in [0.05, 0.1) is 0 Å². The van der Waals surface area contributed by atoms with Crippen molar-refractivity contribution in [3.63, 3.8) is 0 Å². The van der Waals surface area contributed by atoms with Crippen LogP contribution >= 0.6 is 0 Å². The topological polar surface area (TPSA) is 24.7 Å². The molecule has 0 N–H and O–H groups in total. The second-order valence-electron chi connectivity index (χ2n) is 1.25. The predicted octanol–water partition coefficient (Wildman–Crippen LogP) is 0.778. The molecular weight excluding hydrogens is 88.1 g/mol. The smallest absolute Gasteiger partial charge is 0.0399 e. The maximum absolute atomic E-state index is 3.64. The van der Waals surface area contributed by atoms with Gasteiger partial charge in [-0.05, 0) is 19.9 Å². The Bertz CT molecular complexity index is 51.1. The number of rotatable bonds is 4. The van der Waals surface area contributed by atoms with E-state index in [4.69, 9.17) is 0 Å². The minimum absolute atomic E-state index is 0.805. The van der Waals surface area contributed by atoms with Gasteiger partial charge in [-0.2, -0.15) is 0 Å². The van der Waals surface area contributed by atoms with Gasteiger partial charge in [-0.3, -0.25) is 0 Å². The van der Waals surface area contributed by atoms with Crippen molar-refractivity contribution < 1.29 is 0 Å². The standard InChI is InChI=1S/C5H10N2/c1-6-4-3-5-7-2/h1-5H2. The van der Waals surface area contributed by atoms with Crippen LogP contribution in [0.1, 0.15) is 6.42 Å². The van der Waals surface area contributed by atoms with Crippen LogP contribution in [-0.2, 0) is 0 Å². The summed E-state index contributed by atoms with van der Waals surface area (Å²) in [6.45, 7) is 8.25. The van der Waals surface area contributed by atoms with E-state index in [1.165, 1.54) is 0 Å². The molecule has 2 heteroatoms. The Hall–Kier alpha value is -0.660. The summed E-state index contributed by atoms with van der Waals surface area (Å²) in [6, 6.07) is 0. The van der Waals surface area contributed by atoms with Gasteiger partial charge >= 0.3 is 0 Å². The fraction of sp³-hybridized carbons (Fsp3) is 0.600. The van der Waals surface area contributed by atoms with E-state index >= 15 is 0 Å². The van der Waals surface area contributed by atoms with Crippen molar-refractivity contribution in [1.29, 1.82) is 0 Å². The Morgan fingerprint density at radius 2 is 1.43 bits per heavy atom. The van der Waals surface area contributed by atoms with E-state index in [9.17, 15) is 0 Å². The zero-order valence-electron chi connectivity index (χ0n) is 4.43. The first-order valence-electron chi connectivity index (χ1n) is 2.26. The summed E-state index contributed by atoms with van der Waals surface area (Å²) in [5.74, 6) is 0. The largest absolute Gasteiger partial charge is 0.301 e. The minimum Gasteiger partial charge on any atom is -0.301 e. The summed E-state index contributed by atoms with van der Waals surface area (Å²) in [4.78, 5) is 7.27.